The second kappa shape index (κ2) is 8.71. The highest BCUT2D eigenvalue weighted by Gasteiger charge is 2.26. The molecule has 0 aromatic heterocycles. The molecule has 0 bridgehead atoms. The maximum Gasteiger partial charge on any atom is 0.306 e. The first-order valence-corrected chi connectivity index (χ1v) is 8.41. The summed E-state index contributed by atoms with van der Waals surface area (Å²) < 4.78 is 10.6. The van der Waals surface area contributed by atoms with Crippen LogP contribution in [0.3, 0.4) is 0 Å². The third-order valence-electron chi connectivity index (χ3n) is 4.58. The molecule has 2 rings (SSSR count). The molecule has 0 saturated carbocycles. The number of benzene rings is 1. The van der Waals surface area contributed by atoms with Crippen molar-refractivity contribution in [1.29, 1.82) is 0 Å². The van der Waals surface area contributed by atoms with Gasteiger partial charge in [0.25, 0.3) is 0 Å². The summed E-state index contributed by atoms with van der Waals surface area (Å²) in [5, 5.41) is 12.0. The molecule has 1 amide bonds. The smallest absolute Gasteiger partial charge is 0.306 e. The third kappa shape index (κ3) is 5.09. The first-order valence-electron chi connectivity index (χ1n) is 8.41. The average molecular weight is 350 g/mol. The number of aliphatic carboxylic acids is 1. The number of amides is 1. The zero-order valence-electron chi connectivity index (χ0n) is 14.9. The van der Waals surface area contributed by atoms with Gasteiger partial charge in [0, 0.05) is 5.56 Å². The summed E-state index contributed by atoms with van der Waals surface area (Å²) in [6, 6.07) is 5.24. The lowest BCUT2D eigenvalue weighted by Gasteiger charge is -2.29. The fourth-order valence-corrected chi connectivity index (χ4v) is 3.08. The highest BCUT2D eigenvalue weighted by molar-refractivity contribution is 5.78. The van der Waals surface area contributed by atoms with Crippen molar-refractivity contribution >= 4 is 11.9 Å². The topological polar surface area (TPSA) is 88.1 Å². The Kier molecular flexibility index (Phi) is 6.64. The highest BCUT2D eigenvalue weighted by atomic mass is 16.5. The van der Waals surface area contributed by atoms with Gasteiger partial charge < -0.3 is 19.9 Å². The molecule has 138 valence electrons. The normalized spacial score (nSPS) is 16.9. The van der Waals surface area contributed by atoms with Gasteiger partial charge in [-0.05, 0) is 51.1 Å². The van der Waals surface area contributed by atoms with Gasteiger partial charge in [-0.1, -0.05) is 0 Å². The Morgan fingerprint density at radius 3 is 2.52 bits per heavy atom. The van der Waals surface area contributed by atoms with Crippen molar-refractivity contribution in [3.63, 3.8) is 0 Å². The molecule has 0 spiro atoms. The monoisotopic (exact) mass is 350 g/mol. The standard InChI is InChI=1S/C18H26N2O5/c1-12(15-10-14(24-2)4-5-16(15)25-3)19-17(21)11-20-8-6-13(7-9-20)18(22)23/h4-5,10,12-13H,6-9,11H2,1-3H3,(H,19,21)(H,22,23). The zero-order chi connectivity index (χ0) is 18.4. The van der Waals surface area contributed by atoms with Crippen LogP contribution in [0, 0.1) is 5.92 Å². The van der Waals surface area contributed by atoms with Gasteiger partial charge in [0.15, 0.2) is 0 Å². The van der Waals surface area contributed by atoms with Crippen LogP contribution >= 0.6 is 0 Å². The molecular formula is C18H26N2O5. The molecule has 1 aromatic carbocycles. The molecule has 0 radical (unpaired) electrons. The van der Waals surface area contributed by atoms with Crippen LogP contribution in [0.15, 0.2) is 18.2 Å². The van der Waals surface area contributed by atoms with Crippen molar-refractivity contribution in [2.75, 3.05) is 33.9 Å². The molecule has 1 aliphatic heterocycles. The Morgan fingerprint density at radius 2 is 1.96 bits per heavy atom. The van der Waals surface area contributed by atoms with Crippen molar-refractivity contribution in [2.24, 2.45) is 5.92 Å². The minimum Gasteiger partial charge on any atom is -0.497 e. The van der Waals surface area contributed by atoms with Crippen LogP contribution in [0.2, 0.25) is 0 Å². The number of ether oxygens (including phenoxy) is 2. The summed E-state index contributed by atoms with van der Waals surface area (Å²) in [5.41, 5.74) is 0.847. The number of rotatable bonds is 7. The van der Waals surface area contributed by atoms with Gasteiger partial charge in [0.1, 0.15) is 11.5 Å². The molecule has 1 unspecified atom stereocenters. The number of carbonyl (C=O) groups excluding carboxylic acids is 1. The number of hydrogen-bond donors (Lipinski definition) is 2. The summed E-state index contributed by atoms with van der Waals surface area (Å²) in [6.45, 7) is 3.41. The summed E-state index contributed by atoms with van der Waals surface area (Å²) >= 11 is 0. The number of piperidine rings is 1. The molecule has 7 nitrogen and oxygen atoms in total. The van der Waals surface area contributed by atoms with Crippen LogP contribution < -0.4 is 14.8 Å². The zero-order valence-corrected chi connectivity index (χ0v) is 14.9. The molecule has 0 aliphatic carbocycles. The van der Waals surface area contributed by atoms with Crippen molar-refractivity contribution in [3.8, 4) is 11.5 Å². The second-order valence-corrected chi connectivity index (χ2v) is 6.29. The van der Waals surface area contributed by atoms with E-state index in [1.165, 1.54) is 0 Å². The van der Waals surface area contributed by atoms with E-state index in [9.17, 15) is 9.59 Å². The van der Waals surface area contributed by atoms with Crippen LogP contribution in [0.5, 0.6) is 11.5 Å². The first kappa shape index (κ1) is 19.1. The van der Waals surface area contributed by atoms with Gasteiger partial charge in [-0.25, -0.2) is 0 Å². The van der Waals surface area contributed by atoms with Crippen LogP contribution in [0.1, 0.15) is 31.4 Å². The minimum atomic E-state index is -0.747. The predicted octanol–water partition coefficient (Wildman–Crippen LogP) is 1.68. The van der Waals surface area contributed by atoms with Crippen molar-refractivity contribution in [2.45, 2.75) is 25.8 Å². The molecule has 2 N–H and O–H groups in total. The molecule has 1 atom stereocenters. The Balaban J connectivity index is 1.91. The lowest BCUT2D eigenvalue weighted by atomic mass is 9.97. The maximum atomic E-state index is 12.3. The largest absolute Gasteiger partial charge is 0.497 e. The van der Waals surface area contributed by atoms with Gasteiger partial charge in [-0.3, -0.25) is 14.5 Å². The van der Waals surface area contributed by atoms with E-state index in [-0.39, 0.29) is 24.4 Å². The highest BCUT2D eigenvalue weighted by Crippen LogP contribution is 2.29. The number of hydrogen-bond acceptors (Lipinski definition) is 5. The van der Waals surface area contributed by atoms with Crippen molar-refractivity contribution in [1.82, 2.24) is 10.2 Å². The number of methoxy groups -OCH3 is 2. The molecule has 1 saturated heterocycles. The number of carbonyl (C=O) groups is 2. The fourth-order valence-electron chi connectivity index (χ4n) is 3.08. The van der Waals surface area contributed by atoms with Gasteiger partial charge in [-0.2, -0.15) is 0 Å². The van der Waals surface area contributed by atoms with Crippen LogP contribution in [-0.4, -0.2) is 55.7 Å². The lowest BCUT2D eigenvalue weighted by molar-refractivity contribution is -0.143. The van der Waals surface area contributed by atoms with Crippen LogP contribution in [-0.2, 0) is 9.59 Å². The van der Waals surface area contributed by atoms with E-state index in [4.69, 9.17) is 14.6 Å². The number of nitrogens with one attached hydrogen (secondary N) is 1. The minimum absolute atomic E-state index is 0.0915. The summed E-state index contributed by atoms with van der Waals surface area (Å²) in [6.07, 6.45) is 1.17. The SMILES string of the molecule is COc1ccc(OC)c(C(C)NC(=O)CN2CCC(C(=O)O)CC2)c1. The number of carboxylic acids is 1. The van der Waals surface area contributed by atoms with E-state index in [1.54, 1.807) is 14.2 Å². The quantitative estimate of drug-likeness (QED) is 0.778. The predicted molar refractivity (Wildman–Crippen MR) is 92.9 cm³/mol. The molecule has 25 heavy (non-hydrogen) atoms. The van der Waals surface area contributed by atoms with E-state index in [0.717, 1.165) is 5.56 Å². The summed E-state index contributed by atoms with van der Waals surface area (Å²) in [7, 11) is 3.18. The number of nitrogens with zero attached hydrogens (tertiary/aromatic N) is 1. The van der Waals surface area contributed by atoms with Crippen LogP contribution in [0.25, 0.3) is 0 Å². The number of carboxylic acid groups (broad SMARTS) is 1. The Morgan fingerprint density at radius 1 is 1.28 bits per heavy atom. The van der Waals surface area contributed by atoms with Gasteiger partial charge in [-0.15, -0.1) is 0 Å². The van der Waals surface area contributed by atoms with Crippen molar-refractivity contribution in [3.05, 3.63) is 23.8 Å². The third-order valence-corrected chi connectivity index (χ3v) is 4.58. The van der Waals surface area contributed by atoms with Gasteiger partial charge >= 0.3 is 5.97 Å². The molecule has 1 heterocycles. The van der Waals surface area contributed by atoms with Crippen molar-refractivity contribution < 1.29 is 24.2 Å². The van der Waals surface area contributed by atoms with Crippen LogP contribution in [0.4, 0.5) is 0 Å². The molecular weight excluding hydrogens is 324 g/mol. The lowest BCUT2D eigenvalue weighted by Crippen LogP contribution is -2.43. The van der Waals surface area contributed by atoms with E-state index in [1.807, 2.05) is 30.0 Å². The Labute approximate surface area is 147 Å². The average Bonchev–Trinajstić information content (AvgIpc) is 2.61. The first-order chi connectivity index (χ1) is 11.9. The molecule has 7 heteroatoms. The molecule has 1 aromatic rings. The second-order valence-electron chi connectivity index (χ2n) is 6.29. The van der Waals surface area contributed by atoms with E-state index < -0.39 is 5.97 Å². The van der Waals surface area contributed by atoms with E-state index in [0.29, 0.717) is 37.4 Å². The number of likely N-dealkylation sites (tertiary alicyclic amines) is 1. The van der Waals surface area contributed by atoms with E-state index >= 15 is 0 Å². The molecule has 1 fully saturated rings. The Bertz CT molecular complexity index is 611. The van der Waals surface area contributed by atoms with E-state index in [2.05, 4.69) is 5.32 Å². The Hall–Kier alpha value is -2.28. The van der Waals surface area contributed by atoms with Gasteiger partial charge in [0.05, 0.1) is 32.7 Å². The maximum absolute atomic E-state index is 12.3. The fraction of sp³-hybridized carbons (Fsp3) is 0.556. The summed E-state index contributed by atoms with van der Waals surface area (Å²) in [4.78, 5) is 25.3. The summed E-state index contributed by atoms with van der Waals surface area (Å²) in [5.74, 6) is 0.261. The molecule has 1 aliphatic rings. The van der Waals surface area contributed by atoms with Gasteiger partial charge in [0.2, 0.25) is 5.91 Å².